The molecule has 0 amide bonds. The van der Waals surface area contributed by atoms with Crippen LogP contribution in [0, 0.1) is 29.1 Å². The minimum Gasteiger partial charge on any atom is -0.453 e. The van der Waals surface area contributed by atoms with Crippen molar-refractivity contribution in [2.24, 2.45) is 0 Å². The Bertz CT molecular complexity index is 421. The Morgan fingerprint density at radius 2 is 1.12 bits per heavy atom. The molecule has 1 aromatic carbocycles. The average Bonchev–Trinajstić information content (AvgIpc) is 2.23. The highest BCUT2D eigenvalue weighted by atomic mass is 19.3. The molecule has 0 aliphatic rings. The summed E-state index contributed by atoms with van der Waals surface area (Å²) >= 11 is 0. The Kier molecular flexibility index (Phi) is 3.41. The maximum atomic E-state index is 12.7. The standard InChI is InChI=1S/C8HF7O/c9-2(10)1-16-8-6(14)4(12)3(11)5(13)7(8)15/h1H. The van der Waals surface area contributed by atoms with E-state index in [0.29, 0.717) is 0 Å². The van der Waals surface area contributed by atoms with Crippen LogP contribution in [0.15, 0.2) is 12.3 Å². The third-order valence-corrected chi connectivity index (χ3v) is 1.44. The average molecular weight is 246 g/mol. The molecule has 0 bridgehead atoms. The molecule has 0 saturated heterocycles. The topological polar surface area (TPSA) is 9.23 Å². The molecule has 1 rings (SSSR count). The van der Waals surface area contributed by atoms with E-state index in [1.165, 1.54) is 0 Å². The molecule has 88 valence electrons. The van der Waals surface area contributed by atoms with Gasteiger partial charge in [-0.1, -0.05) is 0 Å². The molecule has 0 N–H and O–H groups in total. The van der Waals surface area contributed by atoms with Crippen molar-refractivity contribution >= 4 is 0 Å². The van der Waals surface area contributed by atoms with Gasteiger partial charge >= 0.3 is 6.08 Å². The molecule has 0 saturated carbocycles. The number of hydrogen-bond donors (Lipinski definition) is 0. The predicted octanol–water partition coefficient (Wildman–Crippen LogP) is 3.50. The number of hydrogen-bond acceptors (Lipinski definition) is 1. The summed E-state index contributed by atoms with van der Waals surface area (Å²) in [5.41, 5.74) is 0. The first-order valence-electron chi connectivity index (χ1n) is 3.55. The van der Waals surface area contributed by atoms with Crippen molar-refractivity contribution in [1.82, 2.24) is 0 Å². The summed E-state index contributed by atoms with van der Waals surface area (Å²) in [5, 5.41) is 0. The van der Waals surface area contributed by atoms with E-state index in [1.54, 1.807) is 0 Å². The molecule has 0 unspecified atom stereocenters. The summed E-state index contributed by atoms with van der Waals surface area (Å²) in [6.45, 7) is 0. The molecule has 1 aromatic rings. The Balaban J connectivity index is 3.34. The fourth-order valence-corrected chi connectivity index (χ4v) is 0.792. The second-order valence-corrected chi connectivity index (χ2v) is 2.42. The zero-order valence-corrected chi connectivity index (χ0v) is 7.13. The highest BCUT2D eigenvalue weighted by Gasteiger charge is 2.26. The van der Waals surface area contributed by atoms with Gasteiger partial charge in [0.2, 0.25) is 34.8 Å². The molecule has 0 atom stereocenters. The maximum Gasteiger partial charge on any atom is 0.305 e. The number of rotatable bonds is 2. The van der Waals surface area contributed by atoms with Crippen molar-refractivity contribution in [1.29, 1.82) is 0 Å². The monoisotopic (exact) mass is 246 g/mol. The summed E-state index contributed by atoms with van der Waals surface area (Å²) in [6.07, 6.45) is -2.94. The smallest absolute Gasteiger partial charge is 0.305 e. The Labute approximate surface area is 83.7 Å². The van der Waals surface area contributed by atoms with Crippen molar-refractivity contribution < 1.29 is 35.5 Å². The quantitative estimate of drug-likeness (QED) is 0.336. The van der Waals surface area contributed by atoms with E-state index < -0.39 is 47.2 Å². The van der Waals surface area contributed by atoms with Gasteiger partial charge in [0.1, 0.15) is 0 Å². The van der Waals surface area contributed by atoms with Crippen LogP contribution in [-0.4, -0.2) is 0 Å². The molecule has 0 aliphatic heterocycles. The highest BCUT2D eigenvalue weighted by molar-refractivity contribution is 5.30. The first-order chi connectivity index (χ1) is 7.36. The van der Waals surface area contributed by atoms with Gasteiger partial charge in [-0.3, -0.25) is 0 Å². The fourth-order valence-electron chi connectivity index (χ4n) is 0.792. The van der Waals surface area contributed by atoms with E-state index in [0.717, 1.165) is 0 Å². The van der Waals surface area contributed by atoms with Gasteiger partial charge in [0.05, 0.1) is 0 Å². The van der Waals surface area contributed by atoms with Crippen LogP contribution < -0.4 is 4.74 Å². The molecule has 0 spiro atoms. The van der Waals surface area contributed by atoms with Gasteiger partial charge in [-0.05, 0) is 0 Å². The van der Waals surface area contributed by atoms with E-state index in [1.807, 2.05) is 0 Å². The minimum atomic E-state index is -2.50. The van der Waals surface area contributed by atoms with E-state index >= 15 is 0 Å². The first-order valence-corrected chi connectivity index (χ1v) is 3.55. The molecule has 0 heterocycles. The second kappa shape index (κ2) is 4.42. The molecule has 0 radical (unpaired) electrons. The minimum absolute atomic E-state index is 0.446. The van der Waals surface area contributed by atoms with E-state index in [2.05, 4.69) is 4.74 Å². The summed E-state index contributed by atoms with van der Waals surface area (Å²) in [7, 11) is 0. The van der Waals surface area contributed by atoms with Crippen molar-refractivity contribution in [3.63, 3.8) is 0 Å². The van der Waals surface area contributed by atoms with Crippen molar-refractivity contribution in [3.8, 4) is 5.75 Å². The first kappa shape index (κ1) is 12.3. The Hall–Kier alpha value is -1.73. The predicted molar refractivity (Wildman–Crippen MR) is 37.2 cm³/mol. The lowest BCUT2D eigenvalue weighted by Crippen LogP contribution is -2.04. The lowest BCUT2D eigenvalue weighted by molar-refractivity contribution is 0.312. The molecule has 16 heavy (non-hydrogen) atoms. The SMILES string of the molecule is FC(F)=COc1c(F)c(F)c(F)c(F)c1F. The number of benzene rings is 1. The molecule has 0 aliphatic carbocycles. The van der Waals surface area contributed by atoms with Crippen LogP contribution >= 0.6 is 0 Å². The fraction of sp³-hybridized carbons (Fsp3) is 0. The van der Waals surface area contributed by atoms with Crippen molar-refractivity contribution in [3.05, 3.63) is 41.4 Å². The van der Waals surface area contributed by atoms with Crippen molar-refractivity contribution in [2.75, 3.05) is 0 Å². The molecule has 0 aromatic heterocycles. The van der Waals surface area contributed by atoms with Crippen LogP contribution in [0.3, 0.4) is 0 Å². The summed E-state index contributed by atoms with van der Waals surface area (Å²) in [4.78, 5) is 0. The maximum absolute atomic E-state index is 12.7. The normalized spacial score (nSPS) is 10.2. The molecular weight excluding hydrogens is 245 g/mol. The van der Waals surface area contributed by atoms with Crippen LogP contribution in [0.1, 0.15) is 0 Å². The van der Waals surface area contributed by atoms with Gasteiger partial charge in [-0.2, -0.15) is 17.6 Å². The van der Waals surface area contributed by atoms with E-state index in [4.69, 9.17) is 0 Å². The third-order valence-electron chi connectivity index (χ3n) is 1.44. The van der Waals surface area contributed by atoms with Gasteiger partial charge in [-0.15, -0.1) is 0 Å². The summed E-state index contributed by atoms with van der Waals surface area (Å²) in [6, 6.07) is 0. The molecule has 1 nitrogen and oxygen atoms in total. The zero-order valence-electron chi connectivity index (χ0n) is 7.13. The van der Waals surface area contributed by atoms with Crippen molar-refractivity contribution in [2.45, 2.75) is 0 Å². The second-order valence-electron chi connectivity index (χ2n) is 2.42. The lowest BCUT2D eigenvalue weighted by atomic mass is 10.3. The summed E-state index contributed by atoms with van der Waals surface area (Å²) in [5.74, 6) is -13.4. The van der Waals surface area contributed by atoms with Gasteiger partial charge in [0.15, 0.2) is 6.26 Å². The molecular formula is C8HF7O. The molecule has 8 heteroatoms. The largest absolute Gasteiger partial charge is 0.453 e. The zero-order chi connectivity index (χ0) is 12.5. The van der Waals surface area contributed by atoms with Gasteiger partial charge < -0.3 is 4.74 Å². The van der Waals surface area contributed by atoms with Crippen LogP contribution in [0.2, 0.25) is 0 Å². The number of ether oxygens (including phenoxy) is 1. The van der Waals surface area contributed by atoms with Crippen LogP contribution in [0.25, 0.3) is 0 Å². The summed E-state index contributed by atoms with van der Waals surface area (Å²) < 4.78 is 89.5. The van der Waals surface area contributed by atoms with Crippen LogP contribution in [0.5, 0.6) is 5.75 Å². The van der Waals surface area contributed by atoms with Gasteiger partial charge in [0, 0.05) is 0 Å². The Morgan fingerprint density at radius 3 is 1.50 bits per heavy atom. The van der Waals surface area contributed by atoms with Gasteiger partial charge in [0.25, 0.3) is 0 Å². The van der Waals surface area contributed by atoms with Crippen LogP contribution in [-0.2, 0) is 0 Å². The Morgan fingerprint density at radius 1 is 0.750 bits per heavy atom. The highest BCUT2D eigenvalue weighted by Crippen LogP contribution is 2.29. The van der Waals surface area contributed by atoms with Gasteiger partial charge in [-0.25, -0.2) is 13.2 Å². The lowest BCUT2D eigenvalue weighted by Gasteiger charge is -2.05. The molecule has 0 fully saturated rings. The van der Waals surface area contributed by atoms with Crippen LogP contribution in [0.4, 0.5) is 30.7 Å². The van der Waals surface area contributed by atoms with E-state index in [9.17, 15) is 30.7 Å². The van der Waals surface area contributed by atoms with E-state index in [-0.39, 0.29) is 0 Å². The third kappa shape index (κ3) is 2.10. The number of halogens is 7.